The number of aromatic nitrogens is 1. The van der Waals surface area contributed by atoms with Gasteiger partial charge in [0.05, 0.1) is 12.8 Å². The van der Waals surface area contributed by atoms with Crippen LogP contribution < -0.4 is 10.1 Å². The summed E-state index contributed by atoms with van der Waals surface area (Å²) in [6.45, 7) is 2.02. The number of ether oxygens (including phenoxy) is 1. The van der Waals surface area contributed by atoms with Gasteiger partial charge in [-0.25, -0.2) is 4.98 Å². The highest BCUT2D eigenvalue weighted by Crippen LogP contribution is 2.29. The summed E-state index contributed by atoms with van der Waals surface area (Å²) in [5, 5.41) is 3.84. The van der Waals surface area contributed by atoms with Gasteiger partial charge in [-0.05, 0) is 42.8 Å². The highest BCUT2D eigenvalue weighted by molar-refractivity contribution is 6.31. The molecule has 1 aromatic carbocycles. The van der Waals surface area contributed by atoms with E-state index in [1.807, 2.05) is 31.2 Å². The van der Waals surface area contributed by atoms with Crippen LogP contribution in [0.3, 0.4) is 0 Å². The standard InChI is InChI=1S/C13H13ClN2O/c1-9-5-6-15-13(7-9)16-11-8-10(14)3-4-12(11)17-2/h3-8H,1-2H3,(H,15,16). The molecule has 1 N–H and O–H groups in total. The average Bonchev–Trinajstić information content (AvgIpc) is 2.29. The molecule has 0 spiro atoms. The van der Waals surface area contributed by atoms with E-state index in [0.717, 1.165) is 22.8 Å². The molecular weight excluding hydrogens is 236 g/mol. The SMILES string of the molecule is COc1ccc(Cl)cc1Nc1cc(C)ccn1. The lowest BCUT2D eigenvalue weighted by Crippen LogP contribution is -1.96. The quantitative estimate of drug-likeness (QED) is 0.897. The lowest BCUT2D eigenvalue weighted by molar-refractivity contribution is 0.417. The topological polar surface area (TPSA) is 34.1 Å². The maximum Gasteiger partial charge on any atom is 0.142 e. The van der Waals surface area contributed by atoms with E-state index in [2.05, 4.69) is 10.3 Å². The molecule has 3 nitrogen and oxygen atoms in total. The molecule has 0 amide bonds. The zero-order valence-corrected chi connectivity index (χ0v) is 10.5. The van der Waals surface area contributed by atoms with Crippen LogP contribution in [-0.4, -0.2) is 12.1 Å². The van der Waals surface area contributed by atoms with Crippen LogP contribution in [0.5, 0.6) is 5.75 Å². The number of aryl methyl sites for hydroxylation is 1. The number of anilines is 2. The van der Waals surface area contributed by atoms with Crippen molar-refractivity contribution in [3.8, 4) is 5.75 Å². The van der Waals surface area contributed by atoms with E-state index in [1.165, 1.54) is 0 Å². The summed E-state index contributed by atoms with van der Waals surface area (Å²) in [6, 6.07) is 9.32. The molecule has 0 aliphatic heterocycles. The Balaban J connectivity index is 2.32. The van der Waals surface area contributed by atoms with Crippen molar-refractivity contribution in [1.29, 1.82) is 0 Å². The molecule has 4 heteroatoms. The molecule has 0 unspecified atom stereocenters. The van der Waals surface area contributed by atoms with E-state index in [4.69, 9.17) is 16.3 Å². The predicted octanol–water partition coefficient (Wildman–Crippen LogP) is 3.80. The maximum atomic E-state index is 5.96. The molecule has 1 heterocycles. The second kappa shape index (κ2) is 5.06. The first kappa shape index (κ1) is 11.7. The molecule has 1 aromatic heterocycles. The first-order chi connectivity index (χ1) is 8.19. The lowest BCUT2D eigenvalue weighted by atomic mass is 10.2. The van der Waals surface area contributed by atoms with Crippen molar-refractivity contribution >= 4 is 23.1 Å². The number of benzene rings is 1. The summed E-state index contributed by atoms with van der Waals surface area (Å²) in [5.41, 5.74) is 1.95. The van der Waals surface area contributed by atoms with Crippen molar-refractivity contribution in [3.63, 3.8) is 0 Å². The van der Waals surface area contributed by atoms with Gasteiger partial charge in [0.2, 0.25) is 0 Å². The van der Waals surface area contributed by atoms with Crippen molar-refractivity contribution in [2.24, 2.45) is 0 Å². The molecule has 17 heavy (non-hydrogen) atoms. The third-order valence-electron chi connectivity index (χ3n) is 2.34. The minimum absolute atomic E-state index is 0.654. The Morgan fingerprint density at radius 3 is 2.76 bits per heavy atom. The smallest absolute Gasteiger partial charge is 0.142 e. The van der Waals surface area contributed by atoms with Crippen LogP contribution in [0.1, 0.15) is 5.56 Å². The fraction of sp³-hybridized carbons (Fsp3) is 0.154. The number of rotatable bonds is 3. The molecule has 0 aliphatic carbocycles. The summed E-state index contributed by atoms with van der Waals surface area (Å²) >= 11 is 5.96. The van der Waals surface area contributed by atoms with Crippen molar-refractivity contribution in [3.05, 3.63) is 47.1 Å². The molecule has 0 saturated heterocycles. The van der Waals surface area contributed by atoms with Crippen molar-refractivity contribution in [1.82, 2.24) is 4.98 Å². The third kappa shape index (κ3) is 2.88. The van der Waals surface area contributed by atoms with Gasteiger partial charge in [0.15, 0.2) is 0 Å². The van der Waals surface area contributed by atoms with Crippen LogP contribution >= 0.6 is 11.6 Å². The highest BCUT2D eigenvalue weighted by Gasteiger charge is 2.04. The molecule has 0 atom stereocenters. The van der Waals surface area contributed by atoms with Gasteiger partial charge >= 0.3 is 0 Å². The molecule has 0 aliphatic rings. The number of nitrogens with one attached hydrogen (secondary N) is 1. The molecule has 0 bridgehead atoms. The van der Waals surface area contributed by atoms with Gasteiger partial charge in [-0.2, -0.15) is 0 Å². The lowest BCUT2D eigenvalue weighted by Gasteiger charge is -2.11. The van der Waals surface area contributed by atoms with Crippen molar-refractivity contribution in [2.45, 2.75) is 6.92 Å². The summed E-state index contributed by atoms with van der Waals surface area (Å²) < 4.78 is 5.25. The Labute approximate surface area is 105 Å². The molecule has 2 aromatic rings. The minimum atomic E-state index is 0.654. The normalized spacial score (nSPS) is 10.1. The van der Waals surface area contributed by atoms with Gasteiger partial charge < -0.3 is 10.1 Å². The number of hydrogen-bond acceptors (Lipinski definition) is 3. The van der Waals surface area contributed by atoms with E-state index in [9.17, 15) is 0 Å². The summed E-state index contributed by atoms with van der Waals surface area (Å²) in [7, 11) is 1.62. The van der Waals surface area contributed by atoms with Crippen LogP contribution in [0.25, 0.3) is 0 Å². The van der Waals surface area contributed by atoms with Crippen LogP contribution in [0, 0.1) is 6.92 Å². The summed E-state index contributed by atoms with van der Waals surface area (Å²) in [5.74, 6) is 1.50. The molecule has 0 saturated carbocycles. The molecule has 88 valence electrons. The average molecular weight is 249 g/mol. The summed E-state index contributed by atoms with van der Waals surface area (Å²) in [6.07, 6.45) is 1.76. The third-order valence-corrected chi connectivity index (χ3v) is 2.57. The van der Waals surface area contributed by atoms with Gasteiger partial charge in [-0.1, -0.05) is 11.6 Å². The number of pyridine rings is 1. The highest BCUT2D eigenvalue weighted by atomic mass is 35.5. The molecule has 0 fully saturated rings. The van der Waals surface area contributed by atoms with Gasteiger partial charge in [0, 0.05) is 11.2 Å². The zero-order valence-electron chi connectivity index (χ0n) is 9.70. The maximum absolute atomic E-state index is 5.96. The molecular formula is C13H13ClN2O. The minimum Gasteiger partial charge on any atom is -0.495 e. The number of nitrogens with zero attached hydrogens (tertiary/aromatic N) is 1. The largest absolute Gasteiger partial charge is 0.495 e. The van der Waals surface area contributed by atoms with Crippen molar-refractivity contribution in [2.75, 3.05) is 12.4 Å². The van der Waals surface area contributed by atoms with Crippen LogP contribution in [-0.2, 0) is 0 Å². The first-order valence-corrected chi connectivity index (χ1v) is 5.60. The Kier molecular flexibility index (Phi) is 3.49. The van der Waals surface area contributed by atoms with Crippen molar-refractivity contribution < 1.29 is 4.74 Å². The van der Waals surface area contributed by atoms with Crippen LogP contribution in [0.15, 0.2) is 36.5 Å². The Morgan fingerprint density at radius 1 is 1.24 bits per heavy atom. The fourth-order valence-electron chi connectivity index (χ4n) is 1.52. The zero-order chi connectivity index (χ0) is 12.3. The number of halogens is 1. The Morgan fingerprint density at radius 2 is 2.06 bits per heavy atom. The monoisotopic (exact) mass is 248 g/mol. The van der Waals surface area contributed by atoms with Gasteiger partial charge in [-0.15, -0.1) is 0 Å². The first-order valence-electron chi connectivity index (χ1n) is 5.22. The van der Waals surface area contributed by atoms with Gasteiger partial charge in [-0.3, -0.25) is 0 Å². The fourth-order valence-corrected chi connectivity index (χ4v) is 1.69. The van der Waals surface area contributed by atoms with E-state index in [1.54, 1.807) is 19.4 Å². The van der Waals surface area contributed by atoms with E-state index in [0.29, 0.717) is 5.02 Å². The van der Waals surface area contributed by atoms with E-state index < -0.39 is 0 Å². The second-order valence-corrected chi connectivity index (χ2v) is 4.12. The van der Waals surface area contributed by atoms with E-state index >= 15 is 0 Å². The predicted molar refractivity (Wildman–Crippen MR) is 70.3 cm³/mol. The number of hydrogen-bond donors (Lipinski definition) is 1. The molecule has 0 radical (unpaired) electrons. The Bertz CT molecular complexity index is 529. The second-order valence-electron chi connectivity index (χ2n) is 3.69. The molecule has 2 rings (SSSR count). The van der Waals surface area contributed by atoms with Crippen LogP contribution in [0.4, 0.5) is 11.5 Å². The van der Waals surface area contributed by atoms with Gasteiger partial charge in [0.25, 0.3) is 0 Å². The van der Waals surface area contributed by atoms with E-state index in [-0.39, 0.29) is 0 Å². The number of methoxy groups -OCH3 is 1. The Hall–Kier alpha value is -1.74. The van der Waals surface area contributed by atoms with Crippen LogP contribution in [0.2, 0.25) is 5.02 Å². The summed E-state index contributed by atoms with van der Waals surface area (Å²) in [4.78, 5) is 4.23. The van der Waals surface area contributed by atoms with Gasteiger partial charge in [0.1, 0.15) is 11.6 Å².